The maximum atomic E-state index is 12.6. The Kier molecular flexibility index (Phi) is 2.94. The van der Waals surface area contributed by atoms with Gasteiger partial charge in [-0.15, -0.1) is 0 Å². The number of imidazole rings is 1. The minimum Gasteiger partial charge on any atom is -0.345 e. The number of nitrogens with one attached hydrogen (secondary N) is 3. The molecule has 6 heteroatoms. The number of hydrogen-bond acceptors (Lipinski definition) is 2. The highest BCUT2D eigenvalue weighted by Gasteiger charge is 2.28. The second-order valence-corrected chi connectivity index (χ2v) is 6.18. The molecule has 3 aromatic rings. The Morgan fingerprint density at radius 2 is 1.91 bits per heavy atom. The number of anilines is 1. The Morgan fingerprint density at radius 1 is 1.17 bits per heavy atom. The molecule has 4 rings (SSSR count). The van der Waals surface area contributed by atoms with Gasteiger partial charge in [0.05, 0.1) is 16.6 Å². The highest BCUT2D eigenvalue weighted by molar-refractivity contribution is 6.06. The predicted molar refractivity (Wildman–Crippen MR) is 89.0 cm³/mol. The summed E-state index contributed by atoms with van der Waals surface area (Å²) in [5.74, 6) is -0.123. The van der Waals surface area contributed by atoms with E-state index in [0.717, 1.165) is 16.9 Å². The van der Waals surface area contributed by atoms with Crippen molar-refractivity contribution in [2.75, 3.05) is 5.32 Å². The minimum atomic E-state index is -0.253. The lowest BCUT2D eigenvalue weighted by molar-refractivity contribution is 0.102. The number of H-pyrrole nitrogens is 2. The molecular weight excluding hydrogens is 292 g/mol. The van der Waals surface area contributed by atoms with Gasteiger partial charge in [-0.3, -0.25) is 4.79 Å². The molecule has 2 aromatic heterocycles. The number of aromatic amines is 2. The number of amides is 1. The first-order chi connectivity index (χ1) is 11.0. The van der Waals surface area contributed by atoms with E-state index in [-0.39, 0.29) is 11.6 Å². The quantitative estimate of drug-likeness (QED) is 0.695. The Bertz CT molecular complexity index is 972. The maximum Gasteiger partial charge on any atom is 0.323 e. The number of nitrogens with zero attached hydrogens (tertiary/aromatic N) is 1. The first-order valence-corrected chi connectivity index (χ1v) is 7.75. The standard InChI is InChI=1S/C17H18N4O2/c1-9-7-13(10(2)21(9)12-4-5-12)16(22)18-11-3-6-14-15(8-11)20-17(23)19-14/h3,6-8,12H,4-5H2,1-2H3,(H,18,22)(H2,19,20,23). The number of hydrogen-bond donors (Lipinski definition) is 3. The molecule has 2 heterocycles. The van der Waals surface area contributed by atoms with Crippen molar-refractivity contribution >= 4 is 22.6 Å². The van der Waals surface area contributed by atoms with Crippen LogP contribution in [0.4, 0.5) is 5.69 Å². The van der Waals surface area contributed by atoms with Gasteiger partial charge in [0.1, 0.15) is 0 Å². The highest BCUT2D eigenvalue weighted by atomic mass is 16.2. The van der Waals surface area contributed by atoms with Crippen LogP contribution in [0.2, 0.25) is 0 Å². The molecule has 1 fully saturated rings. The van der Waals surface area contributed by atoms with Crippen molar-refractivity contribution < 1.29 is 4.79 Å². The first kappa shape index (κ1) is 13.9. The lowest BCUT2D eigenvalue weighted by Crippen LogP contribution is -2.13. The van der Waals surface area contributed by atoms with Gasteiger partial charge in [-0.2, -0.15) is 0 Å². The molecule has 23 heavy (non-hydrogen) atoms. The number of carbonyl (C=O) groups excluding carboxylic acids is 1. The van der Waals surface area contributed by atoms with E-state index in [1.54, 1.807) is 18.2 Å². The van der Waals surface area contributed by atoms with Gasteiger partial charge in [-0.05, 0) is 51.0 Å². The molecule has 118 valence electrons. The van der Waals surface area contributed by atoms with Crippen LogP contribution in [0, 0.1) is 13.8 Å². The van der Waals surface area contributed by atoms with E-state index in [1.807, 2.05) is 19.9 Å². The monoisotopic (exact) mass is 310 g/mol. The first-order valence-electron chi connectivity index (χ1n) is 7.75. The van der Waals surface area contributed by atoms with E-state index in [4.69, 9.17) is 0 Å². The van der Waals surface area contributed by atoms with Crippen LogP contribution in [0.5, 0.6) is 0 Å². The lowest BCUT2D eigenvalue weighted by Gasteiger charge is -2.08. The minimum absolute atomic E-state index is 0.123. The second kappa shape index (κ2) is 4.87. The molecule has 0 bridgehead atoms. The third-order valence-electron chi connectivity index (χ3n) is 4.41. The SMILES string of the molecule is Cc1cc(C(=O)Nc2ccc3[nH]c(=O)[nH]c3c2)c(C)n1C1CC1. The van der Waals surface area contributed by atoms with E-state index < -0.39 is 0 Å². The molecule has 1 aliphatic carbocycles. The molecule has 1 amide bonds. The summed E-state index contributed by atoms with van der Waals surface area (Å²) in [7, 11) is 0. The zero-order chi connectivity index (χ0) is 16.1. The summed E-state index contributed by atoms with van der Waals surface area (Å²) < 4.78 is 2.25. The molecule has 0 unspecified atom stereocenters. The van der Waals surface area contributed by atoms with Crippen LogP contribution in [-0.4, -0.2) is 20.4 Å². The molecule has 3 N–H and O–H groups in total. The third-order valence-corrected chi connectivity index (χ3v) is 4.41. The predicted octanol–water partition coefficient (Wildman–Crippen LogP) is 2.86. The molecule has 0 radical (unpaired) electrons. The molecule has 0 saturated heterocycles. The number of carbonyl (C=O) groups is 1. The lowest BCUT2D eigenvalue weighted by atomic mass is 10.2. The fourth-order valence-electron chi connectivity index (χ4n) is 3.21. The van der Waals surface area contributed by atoms with Crippen molar-refractivity contribution in [1.82, 2.24) is 14.5 Å². The van der Waals surface area contributed by atoms with Crippen LogP contribution in [0.25, 0.3) is 11.0 Å². The van der Waals surface area contributed by atoms with Gasteiger partial charge in [0, 0.05) is 23.1 Å². The molecule has 1 aromatic carbocycles. The van der Waals surface area contributed by atoms with E-state index in [0.29, 0.717) is 22.8 Å². The summed E-state index contributed by atoms with van der Waals surface area (Å²) in [6.07, 6.45) is 2.38. The van der Waals surface area contributed by atoms with E-state index in [9.17, 15) is 9.59 Å². The van der Waals surface area contributed by atoms with E-state index in [1.165, 1.54) is 12.8 Å². The van der Waals surface area contributed by atoms with Gasteiger partial charge in [0.25, 0.3) is 5.91 Å². The zero-order valence-electron chi connectivity index (χ0n) is 13.1. The van der Waals surface area contributed by atoms with Crippen molar-refractivity contribution in [1.29, 1.82) is 0 Å². The second-order valence-electron chi connectivity index (χ2n) is 6.18. The molecule has 0 aliphatic heterocycles. The van der Waals surface area contributed by atoms with E-state index in [2.05, 4.69) is 19.9 Å². The van der Waals surface area contributed by atoms with Gasteiger partial charge in [0.2, 0.25) is 0 Å². The average Bonchev–Trinajstić information content (AvgIpc) is 3.18. The summed E-state index contributed by atoms with van der Waals surface area (Å²) >= 11 is 0. The number of fused-ring (bicyclic) bond motifs is 1. The van der Waals surface area contributed by atoms with Gasteiger partial charge in [0.15, 0.2) is 0 Å². The van der Waals surface area contributed by atoms with Crippen molar-refractivity contribution in [2.24, 2.45) is 0 Å². The largest absolute Gasteiger partial charge is 0.345 e. The number of benzene rings is 1. The van der Waals surface area contributed by atoms with Gasteiger partial charge < -0.3 is 19.9 Å². The van der Waals surface area contributed by atoms with E-state index >= 15 is 0 Å². The number of rotatable bonds is 3. The topological polar surface area (TPSA) is 82.7 Å². The van der Waals surface area contributed by atoms with Crippen LogP contribution in [0.15, 0.2) is 29.1 Å². The normalized spacial score (nSPS) is 14.3. The van der Waals surface area contributed by atoms with Crippen molar-refractivity contribution in [3.63, 3.8) is 0 Å². The molecule has 1 aliphatic rings. The van der Waals surface area contributed by atoms with Crippen LogP contribution >= 0.6 is 0 Å². The van der Waals surface area contributed by atoms with Gasteiger partial charge >= 0.3 is 5.69 Å². The average molecular weight is 310 g/mol. The van der Waals surface area contributed by atoms with Crippen molar-refractivity contribution in [3.05, 3.63) is 51.7 Å². The summed E-state index contributed by atoms with van der Waals surface area (Å²) in [4.78, 5) is 29.3. The molecule has 0 atom stereocenters. The molecule has 1 saturated carbocycles. The summed E-state index contributed by atoms with van der Waals surface area (Å²) in [6.45, 7) is 4.03. The smallest absolute Gasteiger partial charge is 0.323 e. The molecule has 6 nitrogen and oxygen atoms in total. The summed E-state index contributed by atoms with van der Waals surface area (Å²) in [6, 6.07) is 7.81. The Labute approximate surface area is 132 Å². The Balaban J connectivity index is 1.63. The molecular formula is C17H18N4O2. The Morgan fingerprint density at radius 3 is 2.65 bits per heavy atom. The highest BCUT2D eigenvalue weighted by Crippen LogP contribution is 2.38. The van der Waals surface area contributed by atoms with Crippen LogP contribution in [0.3, 0.4) is 0 Å². The van der Waals surface area contributed by atoms with Crippen LogP contribution in [0.1, 0.15) is 40.6 Å². The number of aromatic nitrogens is 3. The number of aryl methyl sites for hydroxylation is 1. The maximum absolute atomic E-state index is 12.6. The van der Waals surface area contributed by atoms with Gasteiger partial charge in [-0.1, -0.05) is 0 Å². The zero-order valence-corrected chi connectivity index (χ0v) is 13.1. The van der Waals surface area contributed by atoms with Gasteiger partial charge in [-0.25, -0.2) is 4.79 Å². The van der Waals surface area contributed by atoms with Crippen molar-refractivity contribution in [2.45, 2.75) is 32.7 Å². The van der Waals surface area contributed by atoms with Crippen LogP contribution < -0.4 is 11.0 Å². The van der Waals surface area contributed by atoms with Crippen molar-refractivity contribution in [3.8, 4) is 0 Å². The summed E-state index contributed by atoms with van der Waals surface area (Å²) in [5, 5.41) is 2.91. The fourth-order valence-corrected chi connectivity index (χ4v) is 3.21. The van der Waals surface area contributed by atoms with Crippen LogP contribution in [-0.2, 0) is 0 Å². The fraction of sp³-hybridized carbons (Fsp3) is 0.294. The Hall–Kier alpha value is -2.76. The molecule has 0 spiro atoms. The third kappa shape index (κ3) is 2.36. The summed E-state index contributed by atoms with van der Waals surface area (Å²) in [5.41, 5.74) is 4.65.